The fourth-order valence-electron chi connectivity index (χ4n) is 9.73. The van der Waals surface area contributed by atoms with Crippen molar-refractivity contribution >= 4 is 11.9 Å². The first-order valence-electron chi connectivity index (χ1n) is 31.2. The van der Waals surface area contributed by atoms with Crippen molar-refractivity contribution in [2.24, 2.45) is 0 Å². The van der Waals surface area contributed by atoms with Crippen LogP contribution in [0.4, 0.5) is 0 Å². The van der Waals surface area contributed by atoms with Crippen LogP contribution in [0.5, 0.6) is 0 Å². The molecule has 3 unspecified atom stereocenters. The van der Waals surface area contributed by atoms with Gasteiger partial charge in [0.25, 0.3) is 0 Å². The number of carbonyl (C=O) groups excluding carboxylic acids is 2. The Morgan fingerprint density at radius 1 is 0.414 bits per heavy atom. The summed E-state index contributed by atoms with van der Waals surface area (Å²) in [5, 5.41) is 24.0. The summed E-state index contributed by atoms with van der Waals surface area (Å²) in [6.45, 7) is 6.51. The molecule has 0 aromatic carbocycles. The number of hydrogen-bond donors (Lipinski definition) is 3. The van der Waals surface area contributed by atoms with Crippen molar-refractivity contribution in [1.29, 1.82) is 0 Å². The minimum atomic E-state index is -0.789. The van der Waals surface area contributed by atoms with Gasteiger partial charge in [-0.3, -0.25) is 9.59 Å². The third kappa shape index (κ3) is 52.4. The topological polar surface area (TPSA) is 95.9 Å². The molecule has 0 aliphatic rings. The van der Waals surface area contributed by atoms with Crippen LogP contribution in [0.15, 0.2) is 36.5 Å². The lowest BCUT2D eigenvalue weighted by atomic mass is 10.0. The fourth-order valence-corrected chi connectivity index (χ4v) is 9.73. The number of unbranched alkanes of at least 4 members (excludes halogenated alkanes) is 39. The molecule has 0 saturated carbocycles. The van der Waals surface area contributed by atoms with Gasteiger partial charge in [0, 0.05) is 6.42 Å². The fraction of sp³-hybridized carbons (Fsp3) is 0.875. The molecular formula is C64H121NO5. The second-order valence-electron chi connectivity index (χ2n) is 21.5. The molecule has 412 valence electrons. The Hall–Kier alpha value is -1.92. The largest absolute Gasteiger partial charge is 0.462 e. The normalized spacial score (nSPS) is 13.3. The lowest BCUT2D eigenvalue weighted by Gasteiger charge is -2.24. The first-order valence-corrected chi connectivity index (χ1v) is 31.2. The first kappa shape index (κ1) is 68.1. The highest BCUT2D eigenvalue weighted by atomic mass is 16.5. The van der Waals surface area contributed by atoms with Gasteiger partial charge < -0.3 is 20.3 Å². The van der Waals surface area contributed by atoms with Crippen LogP contribution in [-0.2, 0) is 14.3 Å². The lowest BCUT2D eigenvalue weighted by Crippen LogP contribution is -2.46. The Balaban J connectivity index is 4.53. The number of amides is 1. The third-order valence-electron chi connectivity index (χ3n) is 14.5. The van der Waals surface area contributed by atoms with Crippen molar-refractivity contribution in [2.75, 3.05) is 6.61 Å². The van der Waals surface area contributed by atoms with Crippen LogP contribution in [-0.4, -0.2) is 46.9 Å². The molecule has 6 nitrogen and oxygen atoms in total. The minimum absolute atomic E-state index is 0.0774. The molecular weight excluding hydrogens is 863 g/mol. The molecule has 0 bridgehead atoms. The van der Waals surface area contributed by atoms with Gasteiger partial charge in [-0.1, -0.05) is 295 Å². The Morgan fingerprint density at radius 3 is 1.13 bits per heavy atom. The number of aliphatic hydroxyl groups is 2. The van der Waals surface area contributed by atoms with Crippen molar-refractivity contribution < 1.29 is 24.5 Å². The highest BCUT2D eigenvalue weighted by Crippen LogP contribution is 2.19. The van der Waals surface area contributed by atoms with Crippen LogP contribution in [0, 0.1) is 0 Å². The summed E-state index contributed by atoms with van der Waals surface area (Å²) in [5.41, 5.74) is 0. The Kier molecular flexibility index (Phi) is 56.4. The molecule has 0 saturated heterocycles. The number of allylic oxidation sites excluding steroid dienone is 6. The number of nitrogens with one attached hydrogen (secondary N) is 1. The van der Waals surface area contributed by atoms with Crippen LogP contribution in [0.2, 0.25) is 0 Å². The van der Waals surface area contributed by atoms with Crippen molar-refractivity contribution in [2.45, 2.75) is 354 Å². The van der Waals surface area contributed by atoms with E-state index in [4.69, 9.17) is 4.74 Å². The van der Waals surface area contributed by atoms with E-state index in [9.17, 15) is 19.8 Å². The lowest BCUT2D eigenvalue weighted by molar-refractivity contribution is -0.151. The standard InChI is InChI=1S/C64H121NO5/c1-4-7-10-13-16-19-22-25-28-31-32-33-36-39-42-45-48-51-54-57-64(69)70-60(55-52-49-46-43-40-37-34-29-26-23-20-17-14-11-8-5-2)58-63(68)65-61(59-66)62(67)56-53-50-47-44-41-38-35-30-27-24-21-18-15-12-9-6-3/h16,19,25,28,32-33,60-62,66-67H,4-15,17-18,20-24,26-27,29-31,34-59H2,1-3H3,(H,65,68)/b19-16-,28-25-,33-32-. The summed E-state index contributed by atoms with van der Waals surface area (Å²) < 4.78 is 5.98. The molecule has 6 heteroatoms. The van der Waals surface area contributed by atoms with E-state index >= 15 is 0 Å². The highest BCUT2D eigenvalue weighted by molar-refractivity contribution is 5.77. The van der Waals surface area contributed by atoms with Crippen molar-refractivity contribution in [1.82, 2.24) is 5.32 Å². The molecule has 0 aliphatic heterocycles. The van der Waals surface area contributed by atoms with E-state index in [1.807, 2.05) is 0 Å². The molecule has 1 amide bonds. The van der Waals surface area contributed by atoms with Crippen molar-refractivity contribution in [3.05, 3.63) is 36.5 Å². The number of ether oxygens (including phenoxy) is 1. The summed E-state index contributed by atoms with van der Waals surface area (Å²) >= 11 is 0. The summed E-state index contributed by atoms with van der Waals surface area (Å²) in [5.74, 6) is -0.467. The second kappa shape index (κ2) is 58.0. The number of aliphatic hydroxyl groups excluding tert-OH is 2. The number of rotatable bonds is 57. The second-order valence-corrected chi connectivity index (χ2v) is 21.5. The van der Waals surface area contributed by atoms with E-state index in [-0.39, 0.29) is 24.9 Å². The molecule has 0 heterocycles. The summed E-state index contributed by atoms with van der Waals surface area (Å²) in [7, 11) is 0. The van der Waals surface area contributed by atoms with Crippen LogP contribution >= 0.6 is 0 Å². The van der Waals surface area contributed by atoms with Crippen LogP contribution in [0.1, 0.15) is 335 Å². The Morgan fingerprint density at radius 2 is 0.729 bits per heavy atom. The maximum atomic E-state index is 13.3. The SMILES string of the molecule is CCCCC/C=C\C/C=C\C/C=C\CCCCCCCCC(=O)OC(CCCCCCCCCCCCCCCCCC)CC(=O)NC(CO)C(O)CCCCCCCCCCCCCCCCCC. The predicted octanol–water partition coefficient (Wildman–Crippen LogP) is 19.6. The van der Waals surface area contributed by atoms with Gasteiger partial charge in [0.1, 0.15) is 6.10 Å². The molecule has 0 rings (SSSR count). The molecule has 0 aromatic rings. The first-order chi connectivity index (χ1) is 34.5. The van der Waals surface area contributed by atoms with Crippen molar-refractivity contribution in [3.63, 3.8) is 0 Å². The number of esters is 1. The Labute approximate surface area is 436 Å². The van der Waals surface area contributed by atoms with Crippen molar-refractivity contribution in [3.8, 4) is 0 Å². The zero-order chi connectivity index (χ0) is 50.9. The van der Waals surface area contributed by atoms with E-state index in [2.05, 4.69) is 62.5 Å². The Bertz CT molecular complexity index is 1150. The van der Waals surface area contributed by atoms with Gasteiger partial charge >= 0.3 is 5.97 Å². The van der Waals surface area contributed by atoms with Crippen LogP contribution in [0.25, 0.3) is 0 Å². The van der Waals surface area contributed by atoms with Crippen LogP contribution in [0.3, 0.4) is 0 Å². The average Bonchev–Trinajstić information content (AvgIpc) is 3.35. The molecule has 0 fully saturated rings. The van der Waals surface area contributed by atoms with Gasteiger partial charge in [0.2, 0.25) is 5.91 Å². The van der Waals surface area contributed by atoms with E-state index in [0.29, 0.717) is 19.3 Å². The van der Waals surface area contributed by atoms with E-state index < -0.39 is 18.2 Å². The quantitative estimate of drug-likeness (QED) is 0.0321. The maximum absolute atomic E-state index is 13.3. The van der Waals surface area contributed by atoms with Gasteiger partial charge in [-0.15, -0.1) is 0 Å². The molecule has 0 spiro atoms. The zero-order valence-corrected chi connectivity index (χ0v) is 47.2. The van der Waals surface area contributed by atoms with Gasteiger partial charge in [-0.2, -0.15) is 0 Å². The molecule has 0 radical (unpaired) electrons. The maximum Gasteiger partial charge on any atom is 0.306 e. The third-order valence-corrected chi connectivity index (χ3v) is 14.5. The van der Waals surface area contributed by atoms with Crippen LogP contribution < -0.4 is 5.32 Å². The number of carbonyl (C=O) groups is 2. The average molecular weight is 985 g/mol. The minimum Gasteiger partial charge on any atom is -0.462 e. The molecule has 70 heavy (non-hydrogen) atoms. The summed E-state index contributed by atoms with van der Waals surface area (Å²) in [4.78, 5) is 26.4. The summed E-state index contributed by atoms with van der Waals surface area (Å²) in [6, 6.07) is -0.702. The van der Waals surface area contributed by atoms with Gasteiger partial charge in [-0.25, -0.2) is 0 Å². The van der Waals surface area contributed by atoms with Gasteiger partial charge in [0.05, 0.1) is 25.2 Å². The molecule has 3 N–H and O–H groups in total. The molecule has 0 aliphatic carbocycles. The smallest absolute Gasteiger partial charge is 0.306 e. The molecule has 3 atom stereocenters. The van der Waals surface area contributed by atoms with E-state index in [0.717, 1.165) is 64.2 Å². The van der Waals surface area contributed by atoms with Gasteiger partial charge in [-0.05, 0) is 64.2 Å². The predicted molar refractivity (Wildman–Crippen MR) is 306 cm³/mol. The van der Waals surface area contributed by atoms with E-state index in [1.165, 1.54) is 225 Å². The monoisotopic (exact) mass is 984 g/mol. The molecule has 0 aromatic heterocycles. The van der Waals surface area contributed by atoms with E-state index in [1.54, 1.807) is 0 Å². The van der Waals surface area contributed by atoms with Gasteiger partial charge in [0.15, 0.2) is 0 Å². The summed E-state index contributed by atoms with van der Waals surface area (Å²) in [6.07, 6.45) is 70.7. The number of hydrogen-bond acceptors (Lipinski definition) is 5. The zero-order valence-electron chi connectivity index (χ0n) is 47.2. The highest BCUT2D eigenvalue weighted by Gasteiger charge is 2.24.